The van der Waals surface area contributed by atoms with E-state index in [1.165, 1.54) is 19.1 Å². The first-order chi connectivity index (χ1) is 11.2. The number of carbonyl (C=O) groups is 1. The van der Waals surface area contributed by atoms with Crippen molar-refractivity contribution in [3.05, 3.63) is 59.6 Å². The summed E-state index contributed by atoms with van der Waals surface area (Å²) in [6.45, 7) is 14.5. The first-order valence-electron chi connectivity index (χ1n) is 8.02. The van der Waals surface area contributed by atoms with Crippen molar-refractivity contribution >= 4 is 15.8 Å². The molecule has 0 aromatic rings. The average molecular weight is 354 g/mol. The van der Waals surface area contributed by atoms with Crippen molar-refractivity contribution < 1.29 is 13.2 Å². The summed E-state index contributed by atoms with van der Waals surface area (Å²) in [4.78, 5) is 11.7. The number of hydrogen-bond acceptors (Lipinski definition) is 3. The SMILES string of the molecule is C=C/C(=C\C=C(C)C)S(=O)(=O)NC(C/C=C\C=C/C)C(C)=O.CC. The molecule has 0 aromatic carbocycles. The van der Waals surface area contributed by atoms with Gasteiger partial charge >= 0.3 is 0 Å². The molecule has 0 saturated carbocycles. The second kappa shape index (κ2) is 13.7. The van der Waals surface area contributed by atoms with Crippen molar-refractivity contribution in [3.63, 3.8) is 0 Å². The highest BCUT2D eigenvalue weighted by molar-refractivity contribution is 7.93. The van der Waals surface area contributed by atoms with Gasteiger partial charge in [-0.05, 0) is 46.3 Å². The minimum absolute atomic E-state index is 0.0392. The fraction of sp³-hybridized carbons (Fsp3) is 0.421. The first kappa shape index (κ1) is 24.5. The van der Waals surface area contributed by atoms with Crippen LogP contribution in [0.4, 0.5) is 0 Å². The highest BCUT2D eigenvalue weighted by atomic mass is 32.2. The van der Waals surface area contributed by atoms with Crippen LogP contribution in [0.2, 0.25) is 0 Å². The Kier molecular flexibility index (Phi) is 14.0. The summed E-state index contributed by atoms with van der Waals surface area (Å²) in [6, 6.07) is -0.790. The molecule has 136 valence electrons. The summed E-state index contributed by atoms with van der Waals surface area (Å²) in [6.07, 6.45) is 11.9. The molecule has 0 spiro atoms. The normalized spacial score (nSPS) is 13.3. The van der Waals surface area contributed by atoms with Crippen molar-refractivity contribution in [1.29, 1.82) is 0 Å². The summed E-state index contributed by atoms with van der Waals surface area (Å²) < 4.78 is 27.0. The molecule has 0 rings (SSSR count). The topological polar surface area (TPSA) is 63.2 Å². The van der Waals surface area contributed by atoms with Gasteiger partial charge in [-0.1, -0.05) is 56.4 Å². The van der Waals surface area contributed by atoms with Crippen LogP contribution >= 0.6 is 0 Å². The van der Waals surface area contributed by atoms with E-state index in [9.17, 15) is 13.2 Å². The summed E-state index contributed by atoms with van der Waals surface area (Å²) in [5.41, 5.74) is 0.965. The first-order valence-corrected chi connectivity index (χ1v) is 9.51. The molecule has 0 heterocycles. The number of allylic oxidation sites excluding steroid dienone is 7. The molecule has 0 amide bonds. The number of ketones is 1. The lowest BCUT2D eigenvalue weighted by molar-refractivity contribution is -0.118. The molecule has 0 aromatic heterocycles. The Bertz CT molecular complexity index is 605. The molecule has 4 nitrogen and oxygen atoms in total. The maximum Gasteiger partial charge on any atom is 0.241 e. The largest absolute Gasteiger partial charge is 0.298 e. The molecule has 1 N–H and O–H groups in total. The fourth-order valence-corrected chi connectivity index (χ4v) is 2.71. The van der Waals surface area contributed by atoms with Crippen LogP contribution in [0.15, 0.2) is 59.6 Å². The molecule has 0 saturated heterocycles. The van der Waals surface area contributed by atoms with Crippen molar-refractivity contribution in [2.45, 2.75) is 54.0 Å². The molecular weight excluding hydrogens is 322 g/mol. The third-order valence-electron chi connectivity index (χ3n) is 2.69. The van der Waals surface area contributed by atoms with Crippen LogP contribution in [0.1, 0.15) is 48.0 Å². The third kappa shape index (κ3) is 10.9. The smallest absolute Gasteiger partial charge is 0.241 e. The van der Waals surface area contributed by atoms with Crippen LogP contribution in [-0.4, -0.2) is 20.2 Å². The summed E-state index contributed by atoms with van der Waals surface area (Å²) in [7, 11) is -3.78. The van der Waals surface area contributed by atoms with E-state index in [0.717, 1.165) is 5.57 Å². The Morgan fingerprint density at radius 1 is 1.12 bits per heavy atom. The molecule has 1 unspecified atom stereocenters. The highest BCUT2D eigenvalue weighted by Crippen LogP contribution is 2.10. The Labute approximate surface area is 147 Å². The van der Waals surface area contributed by atoms with Crippen LogP contribution in [0.3, 0.4) is 0 Å². The summed E-state index contributed by atoms with van der Waals surface area (Å²) >= 11 is 0. The molecule has 0 bridgehead atoms. The zero-order valence-corrected chi connectivity index (χ0v) is 16.5. The predicted octanol–water partition coefficient (Wildman–Crippen LogP) is 4.45. The maximum atomic E-state index is 12.3. The molecule has 0 aliphatic rings. The number of nitrogens with one attached hydrogen (secondary N) is 1. The molecule has 0 radical (unpaired) electrons. The predicted molar refractivity (Wildman–Crippen MR) is 104 cm³/mol. The van der Waals surface area contributed by atoms with E-state index in [1.807, 2.05) is 46.8 Å². The van der Waals surface area contributed by atoms with E-state index in [4.69, 9.17) is 0 Å². The van der Waals surface area contributed by atoms with Gasteiger partial charge in [0.05, 0.1) is 10.9 Å². The number of Topliss-reactive ketones (excluding diaryl/α,β-unsaturated/α-hetero) is 1. The van der Waals surface area contributed by atoms with E-state index in [2.05, 4.69) is 11.3 Å². The second-order valence-corrected chi connectivity index (χ2v) is 6.71. The molecule has 0 fully saturated rings. The van der Waals surface area contributed by atoms with Crippen molar-refractivity contribution in [2.75, 3.05) is 0 Å². The van der Waals surface area contributed by atoms with Crippen LogP contribution in [0.25, 0.3) is 0 Å². The van der Waals surface area contributed by atoms with Crippen LogP contribution in [0, 0.1) is 0 Å². The third-order valence-corrected chi connectivity index (χ3v) is 4.21. The van der Waals surface area contributed by atoms with E-state index in [-0.39, 0.29) is 10.7 Å². The van der Waals surface area contributed by atoms with Crippen LogP contribution in [-0.2, 0) is 14.8 Å². The summed E-state index contributed by atoms with van der Waals surface area (Å²) in [5.74, 6) is -0.237. The number of carbonyl (C=O) groups excluding carboxylic acids is 1. The molecule has 5 heteroatoms. The maximum absolute atomic E-state index is 12.3. The van der Waals surface area contributed by atoms with Crippen molar-refractivity contribution in [2.24, 2.45) is 0 Å². The molecule has 0 aliphatic carbocycles. The zero-order chi connectivity index (χ0) is 19.2. The van der Waals surface area contributed by atoms with Crippen molar-refractivity contribution in [1.82, 2.24) is 4.72 Å². The lowest BCUT2D eigenvalue weighted by Crippen LogP contribution is -2.39. The molecule has 1 atom stereocenters. The van der Waals surface area contributed by atoms with Gasteiger partial charge in [-0.2, -0.15) is 0 Å². The number of hydrogen-bond donors (Lipinski definition) is 1. The Morgan fingerprint density at radius 3 is 2.12 bits per heavy atom. The van der Waals surface area contributed by atoms with Gasteiger partial charge in [0, 0.05) is 0 Å². The van der Waals surface area contributed by atoms with Crippen molar-refractivity contribution in [3.8, 4) is 0 Å². The lowest BCUT2D eigenvalue weighted by Gasteiger charge is -2.14. The number of rotatable bonds is 9. The van der Waals surface area contributed by atoms with Gasteiger partial charge in [-0.15, -0.1) is 0 Å². The molecule has 24 heavy (non-hydrogen) atoms. The Balaban J connectivity index is 0. The van der Waals surface area contributed by atoms with E-state index >= 15 is 0 Å². The molecular formula is C19H31NO3S. The highest BCUT2D eigenvalue weighted by Gasteiger charge is 2.22. The van der Waals surface area contributed by atoms with Gasteiger partial charge in [-0.3, -0.25) is 4.79 Å². The quantitative estimate of drug-likeness (QED) is 0.623. The van der Waals surface area contributed by atoms with Gasteiger partial charge in [0.15, 0.2) is 0 Å². The monoisotopic (exact) mass is 353 g/mol. The van der Waals surface area contributed by atoms with Crippen LogP contribution < -0.4 is 4.72 Å². The Morgan fingerprint density at radius 2 is 1.71 bits per heavy atom. The van der Waals surface area contributed by atoms with Gasteiger partial charge in [0.25, 0.3) is 0 Å². The number of sulfonamides is 1. The average Bonchev–Trinajstić information content (AvgIpc) is 2.52. The van der Waals surface area contributed by atoms with E-state index in [1.54, 1.807) is 18.2 Å². The minimum Gasteiger partial charge on any atom is -0.298 e. The summed E-state index contributed by atoms with van der Waals surface area (Å²) in [5, 5.41) is 0. The molecule has 0 aliphatic heterocycles. The van der Waals surface area contributed by atoms with Gasteiger partial charge in [0.2, 0.25) is 10.0 Å². The van der Waals surface area contributed by atoms with Crippen LogP contribution in [0.5, 0.6) is 0 Å². The minimum atomic E-state index is -3.78. The van der Waals surface area contributed by atoms with Gasteiger partial charge in [-0.25, -0.2) is 13.1 Å². The van der Waals surface area contributed by atoms with Gasteiger partial charge in [0.1, 0.15) is 5.78 Å². The zero-order valence-electron chi connectivity index (χ0n) is 15.7. The fourth-order valence-electron chi connectivity index (χ4n) is 1.47. The van der Waals surface area contributed by atoms with Gasteiger partial charge < -0.3 is 0 Å². The standard InChI is InChI=1S/C17H25NO3S.C2H6/c1-6-8-9-10-11-17(15(5)19)18-22(20,21)16(7-2)13-12-14(3)4;1-2/h6-10,12-13,17-18H,2,11H2,1,3-5H3;1-2H3/b8-6-,10-9-,16-13+;. The second-order valence-electron chi connectivity index (χ2n) is 4.99. The van der Waals surface area contributed by atoms with E-state index in [0.29, 0.717) is 6.42 Å². The Hall–Kier alpha value is -1.72. The van der Waals surface area contributed by atoms with E-state index < -0.39 is 16.1 Å². The lowest BCUT2D eigenvalue weighted by atomic mass is 10.1.